The molecule has 1 unspecified atom stereocenters. The number of nitrogens with one attached hydrogen (secondary N) is 1. The van der Waals surface area contributed by atoms with Crippen molar-refractivity contribution < 1.29 is 0 Å². The molecule has 2 aromatic carbocycles. The lowest BCUT2D eigenvalue weighted by atomic mass is 10.1. The number of rotatable bonds is 3. The van der Waals surface area contributed by atoms with Crippen LogP contribution in [0.25, 0.3) is 0 Å². The van der Waals surface area contributed by atoms with Gasteiger partial charge in [0.2, 0.25) is 0 Å². The largest absolute Gasteiger partial charge is 0.371 e. The number of nitrogens with zero attached hydrogens (tertiary/aromatic N) is 3. The average molecular weight is 535 g/mol. The predicted molar refractivity (Wildman–Crippen MR) is 138 cm³/mol. The monoisotopic (exact) mass is 534 g/mol. The molecule has 2 fully saturated rings. The van der Waals surface area contributed by atoms with Gasteiger partial charge in [-0.2, -0.15) is 0 Å². The zero-order valence-electron chi connectivity index (χ0n) is 18.0. The lowest BCUT2D eigenvalue weighted by Crippen LogP contribution is -2.28. The number of fused-ring (bicyclic) bond motifs is 2. The van der Waals surface area contributed by atoms with Crippen LogP contribution in [-0.2, 0) is 6.42 Å². The van der Waals surface area contributed by atoms with E-state index in [1.165, 1.54) is 75.3 Å². The summed E-state index contributed by atoms with van der Waals surface area (Å²) in [5, 5.41) is 4.75. The van der Waals surface area contributed by atoms with Crippen molar-refractivity contribution in [1.29, 1.82) is 0 Å². The summed E-state index contributed by atoms with van der Waals surface area (Å²) in [6.45, 7) is 11.3. The van der Waals surface area contributed by atoms with Crippen LogP contribution in [0.4, 0.5) is 17.1 Å². The molecule has 3 aliphatic rings. The molecule has 2 aromatic rings. The summed E-state index contributed by atoms with van der Waals surface area (Å²) >= 11 is 2.68. The summed E-state index contributed by atoms with van der Waals surface area (Å²) in [5.74, 6) is 0. The van der Waals surface area contributed by atoms with Crippen molar-refractivity contribution >= 4 is 45.9 Å². The Bertz CT molecular complexity index is 1080. The van der Waals surface area contributed by atoms with E-state index in [-0.39, 0.29) is 7.66 Å². The molecule has 30 heavy (non-hydrogen) atoms. The van der Waals surface area contributed by atoms with Gasteiger partial charge in [-0.3, -0.25) is 0 Å². The molecular weight excluding hydrogens is 503 g/mol. The van der Waals surface area contributed by atoms with Crippen LogP contribution in [0, 0.1) is 11.4 Å². The summed E-state index contributed by atoms with van der Waals surface area (Å²) in [6, 6.07) is 9.64. The highest BCUT2D eigenvalue weighted by molar-refractivity contribution is 14.2. The molecule has 0 aliphatic carbocycles. The van der Waals surface area contributed by atoms with Crippen LogP contribution in [0.5, 0.6) is 0 Å². The van der Waals surface area contributed by atoms with Crippen molar-refractivity contribution in [1.82, 2.24) is 5.32 Å². The SMILES string of the molecule is CCc1cc(N2CCCNCC2)cc2c1N=c1c(C)cc(N3CCCC3)cc1=S2I. The van der Waals surface area contributed by atoms with Gasteiger partial charge in [0.25, 0.3) is 0 Å². The summed E-state index contributed by atoms with van der Waals surface area (Å²) < 4.78 is 1.42. The Morgan fingerprint density at radius 1 is 0.967 bits per heavy atom. The Kier molecular flexibility index (Phi) is 6.08. The second-order valence-electron chi connectivity index (χ2n) is 8.57. The molecule has 1 N–H and O–H groups in total. The molecule has 0 amide bonds. The molecule has 0 radical (unpaired) electrons. The third kappa shape index (κ3) is 3.79. The number of benzene rings is 2. The summed E-state index contributed by atoms with van der Waals surface area (Å²) in [7, 11) is 0.0156. The van der Waals surface area contributed by atoms with E-state index < -0.39 is 0 Å². The normalized spacial score (nSPS) is 21.1. The molecule has 4 nitrogen and oxygen atoms in total. The average Bonchev–Trinajstić information content (AvgIpc) is 3.16. The highest BCUT2D eigenvalue weighted by Gasteiger charge is 2.21. The van der Waals surface area contributed by atoms with Crippen LogP contribution >= 0.6 is 28.9 Å². The molecule has 0 spiro atoms. The van der Waals surface area contributed by atoms with Gasteiger partial charge in [0.1, 0.15) is 0 Å². The number of halogens is 1. The molecule has 160 valence electrons. The van der Waals surface area contributed by atoms with Crippen molar-refractivity contribution in [3.63, 3.8) is 0 Å². The van der Waals surface area contributed by atoms with Gasteiger partial charge in [0, 0.05) is 53.5 Å². The summed E-state index contributed by atoms with van der Waals surface area (Å²) in [6.07, 6.45) is 4.86. The topological polar surface area (TPSA) is 30.9 Å². The van der Waals surface area contributed by atoms with E-state index >= 15 is 0 Å². The van der Waals surface area contributed by atoms with Crippen molar-refractivity contribution in [3.05, 3.63) is 45.3 Å². The Labute approximate surface area is 194 Å². The van der Waals surface area contributed by atoms with Gasteiger partial charge in [-0.1, -0.05) is 14.6 Å². The Morgan fingerprint density at radius 3 is 2.50 bits per heavy atom. The molecule has 5 rings (SSSR count). The summed E-state index contributed by atoms with van der Waals surface area (Å²) in [5.41, 5.74) is 6.72. The van der Waals surface area contributed by atoms with Crippen molar-refractivity contribution in [3.8, 4) is 0 Å². The fourth-order valence-electron chi connectivity index (χ4n) is 4.87. The van der Waals surface area contributed by atoms with E-state index in [0.29, 0.717) is 0 Å². The van der Waals surface area contributed by atoms with Crippen LogP contribution in [0.2, 0.25) is 0 Å². The Hall–Kier alpha value is -1.12. The van der Waals surface area contributed by atoms with Gasteiger partial charge in [-0.25, -0.2) is 4.99 Å². The molecule has 2 saturated heterocycles. The second-order valence-corrected chi connectivity index (χ2v) is 12.6. The first-order valence-electron chi connectivity index (χ1n) is 11.3. The van der Waals surface area contributed by atoms with Gasteiger partial charge in [0.05, 0.1) is 11.0 Å². The molecule has 3 aliphatic heterocycles. The van der Waals surface area contributed by atoms with Gasteiger partial charge in [-0.15, -0.1) is 0 Å². The quantitative estimate of drug-likeness (QED) is 0.437. The lowest BCUT2D eigenvalue weighted by Gasteiger charge is -2.26. The zero-order valence-corrected chi connectivity index (χ0v) is 21.0. The van der Waals surface area contributed by atoms with E-state index in [9.17, 15) is 0 Å². The van der Waals surface area contributed by atoms with E-state index in [2.05, 4.69) is 74.4 Å². The fourth-order valence-corrected chi connectivity index (χ4v) is 8.29. The highest BCUT2D eigenvalue weighted by Crippen LogP contribution is 2.48. The van der Waals surface area contributed by atoms with Crippen LogP contribution in [0.1, 0.15) is 37.3 Å². The molecule has 0 saturated carbocycles. The minimum atomic E-state index is 0.0156. The minimum absolute atomic E-state index is 0.0156. The zero-order chi connectivity index (χ0) is 20.7. The van der Waals surface area contributed by atoms with Crippen LogP contribution in [0.3, 0.4) is 0 Å². The van der Waals surface area contributed by atoms with Gasteiger partial charge in [0.15, 0.2) is 0 Å². The molecular formula is C24H31IN4S. The van der Waals surface area contributed by atoms with Crippen LogP contribution in [0.15, 0.2) is 34.2 Å². The van der Waals surface area contributed by atoms with Gasteiger partial charge in [-0.05, 0) is 95.7 Å². The van der Waals surface area contributed by atoms with E-state index in [4.69, 9.17) is 4.99 Å². The first-order chi connectivity index (χ1) is 14.7. The second kappa shape index (κ2) is 8.79. The number of hydrogen-bond acceptors (Lipinski definition) is 4. The van der Waals surface area contributed by atoms with Crippen LogP contribution < -0.4 is 20.5 Å². The van der Waals surface area contributed by atoms with E-state index in [1.54, 1.807) is 0 Å². The third-order valence-corrected chi connectivity index (χ3v) is 10.8. The molecule has 0 aromatic heterocycles. The molecule has 3 heterocycles. The Balaban J connectivity index is 1.66. The molecule has 0 bridgehead atoms. The number of hydrogen-bond donors (Lipinski definition) is 1. The Morgan fingerprint density at radius 2 is 1.70 bits per heavy atom. The lowest BCUT2D eigenvalue weighted by molar-refractivity contribution is 0.724. The van der Waals surface area contributed by atoms with Gasteiger partial charge < -0.3 is 15.1 Å². The third-order valence-electron chi connectivity index (χ3n) is 6.56. The van der Waals surface area contributed by atoms with Gasteiger partial charge >= 0.3 is 0 Å². The van der Waals surface area contributed by atoms with Crippen molar-refractivity contribution in [2.45, 2.75) is 44.4 Å². The molecule has 1 atom stereocenters. The minimum Gasteiger partial charge on any atom is -0.371 e. The standard InChI is InChI=1S/C24H31IN4S/c1-3-18-14-20(29-11-6-7-26-8-12-29)16-22-24(18)27-23-17(2)13-19(15-21(23)30(22)25)28-9-4-5-10-28/h13-16,26H,3-12H2,1-2H3. The maximum atomic E-state index is 5.25. The number of aryl methyl sites for hydroxylation is 2. The first kappa shape index (κ1) is 20.8. The van der Waals surface area contributed by atoms with Crippen molar-refractivity contribution in [2.24, 2.45) is 4.99 Å². The summed E-state index contributed by atoms with van der Waals surface area (Å²) in [4.78, 5) is 11.8. The van der Waals surface area contributed by atoms with Crippen molar-refractivity contribution in [2.75, 3.05) is 49.1 Å². The molecule has 6 heteroatoms. The first-order valence-corrected chi connectivity index (χ1v) is 15.1. The van der Waals surface area contributed by atoms with E-state index in [1.807, 2.05) is 0 Å². The smallest absolute Gasteiger partial charge is 0.0809 e. The van der Waals surface area contributed by atoms with Crippen LogP contribution in [-0.4, -0.2) is 39.3 Å². The maximum absolute atomic E-state index is 5.25. The van der Waals surface area contributed by atoms with E-state index in [0.717, 1.165) is 32.6 Å². The highest BCUT2D eigenvalue weighted by atomic mass is 127. The predicted octanol–water partition coefficient (Wildman–Crippen LogP) is 5.15. The fraction of sp³-hybridized carbons (Fsp3) is 0.500. The maximum Gasteiger partial charge on any atom is 0.0809 e. The number of anilines is 2.